The van der Waals surface area contributed by atoms with Crippen LogP contribution in [-0.4, -0.2) is 25.8 Å². The molecule has 0 atom stereocenters. The number of carbonyl (C=O) groups excluding carboxylic acids is 1. The third-order valence-corrected chi connectivity index (χ3v) is 3.75. The van der Waals surface area contributed by atoms with Gasteiger partial charge in [-0.25, -0.2) is 4.79 Å². The van der Waals surface area contributed by atoms with Gasteiger partial charge in [0, 0.05) is 0 Å². The van der Waals surface area contributed by atoms with Gasteiger partial charge in [0.1, 0.15) is 0 Å². The molecule has 0 rings (SSSR count). The molecule has 0 bridgehead atoms. The number of esters is 1. The van der Waals surface area contributed by atoms with Crippen molar-refractivity contribution >= 4 is 13.6 Å². The molecule has 0 spiro atoms. The Balaban J connectivity index is 5.62. The van der Waals surface area contributed by atoms with Crippen LogP contribution in [0.4, 0.5) is 0 Å². The van der Waals surface area contributed by atoms with E-state index in [0.717, 1.165) is 0 Å². The predicted octanol–water partition coefficient (Wildman–Crippen LogP) is 3.26. The summed E-state index contributed by atoms with van der Waals surface area (Å²) in [6.07, 6.45) is 0. The van der Waals surface area contributed by atoms with Crippen LogP contribution in [0.25, 0.3) is 0 Å². The molecule has 0 aromatic heterocycles. The highest BCUT2D eigenvalue weighted by Crippen LogP contribution is 2.56. The van der Waals surface area contributed by atoms with Crippen LogP contribution in [0.2, 0.25) is 0 Å². The Bertz CT molecular complexity index is 379. The van der Waals surface area contributed by atoms with Gasteiger partial charge in [0.05, 0.1) is 19.8 Å². The van der Waals surface area contributed by atoms with Crippen LogP contribution in [0.15, 0.2) is 16.6 Å². The second-order valence-corrected chi connectivity index (χ2v) is 5.49. The van der Waals surface area contributed by atoms with Crippen molar-refractivity contribution in [1.82, 2.24) is 0 Å². The molecule has 6 heteroatoms. The maximum atomic E-state index is 12.5. The highest BCUT2D eigenvalue weighted by atomic mass is 31.2. The van der Waals surface area contributed by atoms with Gasteiger partial charge in [-0.1, -0.05) is 5.73 Å². The zero-order chi connectivity index (χ0) is 14.2. The van der Waals surface area contributed by atoms with Gasteiger partial charge in [0.15, 0.2) is 5.31 Å². The summed E-state index contributed by atoms with van der Waals surface area (Å²) in [5.74, 6) is -0.719. The molecule has 0 fully saturated rings. The van der Waals surface area contributed by atoms with E-state index in [2.05, 4.69) is 5.73 Å². The standard InChI is InChI=1S/C12H21O5P/c1-6-15-12(13)11(9-10(4)5)18(14,16-7-2)17-8-3/h6-8H2,1-5H3. The third-order valence-electron chi connectivity index (χ3n) is 1.71. The van der Waals surface area contributed by atoms with Gasteiger partial charge in [-0.3, -0.25) is 4.57 Å². The van der Waals surface area contributed by atoms with Gasteiger partial charge < -0.3 is 13.8 Å². The van der Waals surface area contributed by atoms with E-state index < -0.39 is 13.6 Å². The summed E-state index contributed by atoms with van der Waals surface area (Å²) in [6.45, 7) is 9.03. The van der Waals surface area contributed by atoms with E-state index in [-0.39, 0.29) is 25.1 Å². The second kappa shape index (κ2) is 8.28. The van der Waals surface area contributed by atoms with E-state index in [4.69, 9.17) is 13.8 Å². The van der Waals surface area contributed by atoms with Crippen LogP contribution < -0.4 is 0 Å². The van der Waals surface area contributed by atoms with Crippen LogP contribution in [0.5, 0.6) is 0 Å². The van der Waals surface area contributed by atoms with Crippen molar-refractivity contribution in [2.75, 3.05) is 19.8 Å². The molecular formula is C12H21O5P. The van der Waals surface area contributed by atoms with Crippen molar-refractivity contribution < 1.29 is 23.1 Å². The summed E-state index contributed by atoms with van der Waals surface area (Å²) in [4.78, 5) is 11.8. The Hall–Kier alpha value is -0.860. The summed E-state index contributed by atoms with van der Waals surface area (Å²) in [5, 5.41) is -0.173. The molecule has 5 nitrogen and oxygen atoms in total. The SMILES string of the molecule is CCOC(=O)C(=C=C(C)C)P(=O)(OCC)OCC. The highest BCUT2D eigenvalue weighted by molar-refractivity contribution is 7.59. The fourth-order valence-corrected chi connectivity index (χ4v) is 2.84. The Morgan fingerprint density at radius 3 is 1.89 bits per heavy atom. The van der Waals surface area contributed by atoms with Crippen molar-refractivity contribution in [2.45, 2.75) is 34.6 Å². The van der Waals surface area contributed by atoms with E-state index in [9.17, 15) is 9.36 Å². The van der Waals surface area contributed by atoms with E-state index in [1.54, 1.807) is 34.6 Å². The smallest absolute Gasteiger partial charge is 0.376 e. The lowest BCUT2D eigenvalue weighted by Gasteiger charge is -2.17. The van der Waals surface area contributed by atoms with Gasteiger partial charge in [-0.15, -0.1) is 0 Å². The predicted molar refractivity (Wildman–Crippen MR) is 69.4 cm³/mol. The lowest BCUT2D eigenvalue weighted by atomic mass is 10.4. The normalized spacial score (nSPS) is 10.7. The Kier molecular flexibility index (Phi) is 7.88. The summed E-state index contributed by atoms with van der Waals surface area (Å²) < 4.78 is 27.6. The number of ether oxygens (including phenoxy) is 1. The lowest BCUT2D eigenvalue weighted by molar-refractivity contribution is -0.137. The van der Waals surface area contributed by atoms with Crippen LogP contribution in [0, 0.1) is 0 Å². The maximum Gasteiger partial charge on any atom is 0.376 e. The van der Waals surface area contributed by atoms with Gasteiger partial charge in [0.2, 0.25) is 0 Å². The monoisotopic (exact) mass is 276 g/mol. The summed E-state index contributed by atoms with van der Waals surface area (Å²) in [5.41, 5.74) is 3.41. The maximum absolute atomic E-state index is 12.5. The molecule has 18 heavy (non-hydrogen) atoms. The minimum Gasteiger partial charge on any atom is -0.462 e. The van der Waals surface area contributed by atoms with E-state index in [1.165, 1.54) is 0 Å². The summed E-state index contributed by atoms with van der Waals surface area (Å²) >= 11 is 0. The molecule has 0 aliphatic rings. The molecular weight excluding hydrogens is 255 g/mol. The topological polar surface area (TPSA) is 61.8 Å². The van der Waals surface area contributed by atoms with Crippen molar-refractivity contribution in [2.24, 2.45) is 0 Å². The lowest BCUT2D eigenvalue weighted by Crippen LogP contribution is -2.11. The first-order chi connectivity index (χ1) is 8.41. The quantitative estimate of drug-likeness (QED) is 0.309. The molecule has 0 N–H and O–H groups in total. The molecule has 0 aliphatic carbocycles. The minimum absolute atomic E-state index is 0.171. The highest BCUT2D eigenvalue weighted by Gasteiger charge is 2.36. The second-order valence-electron chi connectivity index (χ2n) is 3.53. The molecule has 0 heterocycles. The molecule has 0 unspecified atom stereocenters. The Morgan fingerprint density at radius 1 is 1.06 bits per heavy atom. The van der Waals surface area contributed by atoms with Gasteiger partial charge in [-0.05, 0) is 40.2 Å². The molecule has 0 saturated heterocycles. The molecule has 0 radical (unpaired) electrons. The molecule has 0 aromatic rings. The van der Waals surface area contributed by atoms with E-state index in [0.29, 0.717) is 5.57 Å². The van der Waals surface area contributed by atoms with Gasteiger partial charge in [-0.2, -0.15) is 0 Å². The average Bonchev–Trinajstić information content (AvgIpc) is 2.26. The fraction of sp³-hybridized carbons (Fsp3) is 0.667. The van der Waals surface area contributed by atoms with Crippen LogP contribution >= 0.6 is 7.60 Å². The zero-order valence-electron chi connectivity index (χ0n) is 11.6. The van der Waals surface area contributed by atoms with Gasteiger partial charge >= 0.3 is 13.6 Å². The molecule has 0 saturated carbocycles. The Labute approximate surface area is 108 Å². The molecule has 0 aromatic carbocycles. The number of carbonyl (C=O) groups is 1. The third kappa shape index (κ3) is 5.19. The van der Waals surface area contributed by atoms with Crippen molar-refractivity contribution in [3.63, 3.8) is 0 Å². The van der Waals surface area contributed by atoms with Crippen LogP contribution in [-0.2, 0) is 23.1 Å². The first kappa shape index (κ1) is 17.1. The van der Waals surface area contributed by atoms with E-state index >= 15 is 0 Å². The zero-order valence-corrected chi connectivity index (χ0v) is 12.5. The van der Waals surface area contributed by atoms with Crippen LogP contribution in [0.1, 0.15) is 34.6 Å². The van der Waals surface area contributed by atoms with Gasteiger partial charge in [0.25, 0.3) is 0 Å². The van der Waals surface area contributed by atoms with Crippen LogP contribution in [0.3, 0.4) is 0 Å². The average molecular weight is 276 g/mol. The minimum atomic E-state index is -3.66. The molecule has 0 aliphatic heterocycles. The first-order valence-electron chi connectivity index (χ1n) is 5.92. The largest absolute Gasteiger partial charge is 0.462 e. The van der Waals surface area contributed by atoms with E-state index in [1.807, 2.05) is 0 Å². The number of hydrogen-bond donors (Lipinski definition) is 0. The molecule has 104 valence electrons. The summed E-state index contributed by atoms with van der Waals surface area (Å²) in [6, 6.07) is 0. The number of hydrogen-bond acceptors (Lipinski definition) is 5. The van der Waals surface area contributed by atoms with Crippen molar-refractivity contribution in [1.29, 1.82) is 0 Å². The fourth-order valence-electron chi connectivity index (χ4n) is 1.17. The molecule has 0 amide bonds. The number of rotatable bonds is 7. The Morgan fingerprint density at radius 2 is 1.56 bits per heavy atom. The summed E-state index contributed by atoms with van der Waals surface area (Å²) in [7, 11) is -3.66. The first-order valence-corrected chi connectivity index (χ1v) is 7.46. The van der Waals surface area contributed by atoms with Crippen molar-refractivity contribution in [3.05, 3.63) is 16.6 Å². The van der Waals surface area contributed by atoms with Crippen molar-refractivity contribution in [3.8, 4) is 0 Å².